The number of amides is 1. The zero-order chi connectivity index (χ0) is 23.5. The molecule has 0 atom stereocenters. The molecule has 4 aromatic rings. The maximum Gasteiger partial charge on any atom is 0.273 e. The Kier molecular flexibility index (Phi) is 5.94. The molecule has 0 spiro atoms. The predicted octanol–water partition coefficient (Wildman–Crippen LogP) is 2.43. The molecule has 168 valence electrons. The minimum Gasteiger partial charge on any atom is -0.350 e. The first kappa shape index (κ1) is 21.8. The van der Waals surface area contributed by atoms with Gasteiger partial charge in [0.1, 0.15) is 17.5 Å². The average molecular weight is 450 g/mol. The zero-order valence-corrected chi connectivity index (χ0v) is 17.6. The molecule has 0 fully saturated rings. The Hall–Kier alpha value is -4.41. The van der Waals surface area contributed by atoms with Crippen molar-refractivity contribution < 1.29 is 14.1 Å². The number of hydrogen-bond acceptors (Lipinski definition) is 6. The summed E-state index contributed by atoms with van der Waals surface area (Å²) in [7, 11) is 0. The van der Waals surface area contributed by atoms with E-state index in [1.54, 1.807) is 12.1 Å². The van der Waals surface area contributed by atoms with Crippen molar-refractivity contribution in [2.24, 2.45) is 0 Å². The lowest BCUT2D eigenvalue weighted by Gasteiger charge is -2.09. The lowest BCUT2D eigenvalue weighted by molar-refractivity contribution is -0.385. The van der Waals surface area contributed by atoms with Gasteiger partial charge in [0.2, 0.25) is 0 Å². The van der Waals surface area contributed by atoms with Crippen molar-refractivity contribution in [3.05, 3.63) is 98.0 Å². The molecule has 0 unspecified atom stereocenters. The van der Waals surface area contributed by atoms with Crippen molar-refractivity contribution in [3.63, 3.8) is 0 Å². The minimum atomic E-state index is -0.533. The van der Waals surface area contributed by atoms with Crippen LogP contribution in [-0.2, 0) is 13.1 Å². The Bertz CT molecular complexity index is 1430. The van der Waals surface area contributed by atoms with Crippen LogP contribution in [0.5, 0.6) is 0 Å². The summed E-state index contributed by atoms with van der Waals surface area (Å²) in [6, 6.07) is 10.3. The summed E-state index contributed by atoms with van der Waals surface area (Å²) in [4.78, 5) is 40.1. The first-order valence-electron chi connectivity index (χ1n) is 10.0. The number of carbonyl (C=O) groups is 1. The second-order valence-corrected chi connectivity index (χ2v) is 7.38. The Morgan fingerprint density at radius 2 is 2.03 bits per heavy atom. The highest BCUT2D eigenvalue weighted by Gasteiger charge is 2.18. The van der Waals surface area contributed by atoms with E-state index in [0.29, 0.717) is 16.6 Å². The first-order valence-corrected chi connectivity index (χ1v) is 10.0. The van der Waals surface area contributed by atoms with Gasteiger partial charge in [-0.2, -0.15) is 5.10 Å². The summed E-state index contributed by atoms with van der Waals surface area (Å²) >= 11 is 0. The van der Waals surface area contributed by atoms with Crippen molar-refractivity contribution in [1.29, 1.82) is 0 Å². The number of nitrogens with zero attached hydrogens (tertiary/aromatic N) is 5. The van der Waals surface area contributed by atoms with E-state index in [1.807, 2.05) is 0 Å². The van der Waals surface area contributed by atoms with Crippen molar-refractivity contribution in [2.75, 3.05) is 6.54 Å². The molecule has 0 bridgehead atoms. The van der Waals surface area contributed by atoms with Gasteiger partial charge in [0.05, 0.1) is 24.2 Å². The van der Waals surface area contributed by atoms with E-state index in [1.165, 1.54) is 59.0 Å². The molecule has 2 aromatic heterocycles. The van der Waals surface area contributed by atoms with Gasteiger partial charge in [0.25, 0.3) is 17.2 Å². The third-order valence-electron chi connectivity index (χ3n) is 5.22. The number of nitrogens with one attached hydrogen (secondary N) is 1. The van der Waals surface area contributed by atoms with Crippen LogP contribution in [0.15, 0.2) is 59.8 Å². The van der Waals surface area contributed by atoms with Crippen molar-refractivity contribution in [2.45, 2.75) is 20.0 Å². The van der Waals surface area contributed by atoms with Gasteiger partial charge in [0.15, 0.2) is 5.65 Å². The smallest absolute Gasteiger partial charge is 0.273 e. The number of aromatic nitrogens is 4. The first-order chi connectivity index (χ1) is 15.8. The van der Waals surface area contributed by atoms with Gasteiger partial charge >= 0.3 is 0 Å². The topological polar surface area (TPSA) is 125 Å². The fourth-order valence-electron chi connectivity index (χ4n) is 3.54. The van der Waals surface area contributed by atoms with E-state index in [4.69, 9.17) is 0 Å². The van der Waals surface area contributed by atoms with Gasteiger partial charge < -0.3 is 5.32 Å². The molecule has 11 heteroatoms. The third-order valence-corrected chi connectivity index (χ3v) is 5.22. The average Bonchev–Trinajstić information content (AvgIpc) is 3.19. The van der Waals surface area contributed by atoms with Gasteiger partial charge in [0, 0.05) is 23.7 Å². The molecule has 2 heterocycles. The zero-order valence-electron chi connectivity index (χ0n) is 17.6. The monoisotopic (exact) mass is 450 g/mol. The van der Waals surface area contributed by atoms with E-state index < -0.39 is 10.8 Å². The van der Waals surface area contributed by atoms with Gasteiger partial charge in [-0.05, 0) is 30.7 Å². The number of rotatable bonds is 7. The third kappa shape index (κ3) is 4.47. The Balaban J connectivity index is 1.46. The normalized spacial score (nSPS) is 11.0. The largest absolute Gasteiger partial charge is 0.350 e. The number of nitro benzene ring substituents is 1. The van der Waals surface area contributed by atoms with E-state index >= 15 is 0 Å². The highest BCUT2D eigenvalue weighted by molar-refractivity contribution is 5.96. The Morgan fingerprint density at radius 3 is 2.79 bits per heavy atom. The van der Waals surface area contributed by atoms with Gasteiger partial charge in [-0.1, -0.05) is 18.2 Å². The molecular weight excluding hydrogens is 431 g/mol. The van der Waals surface area contributed by atoms with E-state index in [9.17, 15) is 24.1 Å². The maximum atomic E-state index is 13.4. The highest BCUT2D eigenvalue weighted by Crippen LogP contribution is 2.20. The SMILES string of the molecule is Cc1c(C(=O)NCCn2ncc3c(=O)n(Cc4cccc(F)c4)cnc32)cccc1[N+](=O)[O-]. The molecule has 33 heavy (non-hydrogen) atoms. The number of benzene rings is 2. The summed E-state index contributed by atoms with van der Waals surface area (Å²) in [5.74, 6) is -0.831. The maximum absolute atomic E-state index is 13.4. The molecule has 0 saturated carbocycles. The van der Waals surface area contributed by atoms with Crippen molar-refractivity contribution >= 4 is 22.6 Å². The number of halogens is 1. The summed E-state index contributed by atoms with van der Waals surface area (Å²) < 4.78 is 16.3. The Morgan fingerprint density at radius 1 is 1.24 bits per heavy atom. The van der Waals surface area contributed by atoms with Crippen LogP contribution in [0.4, 0.5) is 10.1 Å². The van der Waals surface area contributed by atoms with Crippen LogP contribution in [0, 0.1) is 22.9 Å². The molecule has 1 N–H and O–H groups in total. The molecule has 2 aromatic carbocycles. The van der Waals surface area contributed by atoms with Crippen molar-refractivity contribution in [3.8, 4) is 0 Å². The molecule has 0 radical (unpaired) electrons. The van der Waals surface area contributed by atoms with Crippen LogP contribution in [0.25, 0.3) is 11.0 Å². The second kappa shape index (κ2) is 8.99. The number of fused-ring (bicyclic) bond motifs is 1. The highest BCUT2D eigenvalue weighted by atomic mass is 19.1. The van der Waals surface area contributed by atoms with Crippen LogP contribution in [0.1, 0.15) is 21.5 Å². The summed E-state index contributed by atoms with van der Waals surface area (Å²) in [5, 5.41) is 18.3. The van der Waals surface area contributed by atoms with Gasteiger partial charge in [-0.3, -0.25) is 24.3 Å². The summed E-state index contributed by atoms with van der Waals surface area (Å²) in [5.41, 5.74) is 1.05. The molecule has 0 saturated heterocycles. The number of nitro groups is 1. The predicted molar refractivity (Wildman–Crippen MR) is 117 cm³/mol. The molecule has 4 rings (SSSR count). The van der Waals surface area contributed by atoms with Gasteiger partial charge in [-0.25, -0.2) is 14.1 Å². The summed E-state index contributed by atoms with van der Waals surface area (Å²) in [6.07, 6.45) is 2.78. The van der Waals surface area contributed by atoms with Crippen LogP contribution in [0.3, 0.4) is 0 Å². The van der Waals surface area contributed by atoms with Gasteiger partial charge in [-0.15, -0.1) is 0 Å². The second-order valence-electron chi connectivity index (χ2n) is 7.38. The van der Waals surface area contributed by atoms with Crippen molar-refractivity contribution in [1.82, 2.24) is 24.6 Å². The van der Waals surface area contributed by atoms with E-state index in [-0.39, 0.29) is 47.8 Å². The quantitative estimate of drug-likeness (QED) is 0.341. The number of hydrogen-bond donors (Lipinski definition) is 1. The molecule has 0 aliphatic carbocycles. The molecule has 10 nitrogen and oxygen atoms in total. The van der Waals surface area contributed by atoms with Crippen LogP contribution >= 0.6 is 0 Å². The minimum absolute atomic E-state index is 0.126. The standard InChI is InChI=1S/C22H19FN6O4/c1-14-17(6-3-7-19(14)29(32)33)21(30)24-8-9-28-20-18(11-26-28)22(31)27(13-25-20)12-15-4-2-5-16(23)10-15/h2-7,10-11,13H,8-9,12H2,1H3,(H,24,30). The van der Waals surface area contributed by atoms with Crippen LogP contribution in [0.2, 0.25) is 0 Å². The number of carbonyl (C=O) groups excluding carboxylic acids is 1. The molecular formula is C22H19FN6O4. The lowest BCUT2D eigenvalue weighted by atomic mass is 10.1. The Labute approximate surface area is 186 Å². The van der Waals surface area contributed by atoms with Crippen LogP contribution < -0.4 is 10.9 Å². The fraction of sp³-hybridized carbons (Fsp3) is 0.182. The molecule has 0 aliphatic heterocycles. The van der Waals surface area contributed by atoms with E-state index in [2.05, 4.69) is 15.4 Å². The van der Waals surface area contributed by atoms with Crippen LogP contribution in [-0.4, -0.2) is 36.7 Å². The molecule has 0 aliphatic rings. The fourth-order valence-corrected chi connectivity index (χ4v) is 3.54. The molecule has 1 amide bonds. The van der Waals surface area contributed by atoms with E-state index in [0.717, 1.165) is 0 Å². The lowest BCUT2D eigenvalue weighted by Crippen LogP contribution is -2.28. The summed E-state index contributed by atoms with van der Waals surface area (Å²) in [6.45, 7) is 2.10.